The molecule has 1 atom stereocenters. The van der Waals surface area contributed by atoms with Crippen molar-refractivity contribution in [3.05, 3.63) is 52.5 Å². The Hall–Kier alpha value is -1.91. The quantitative estimate of drug-likeness (QED) is 0.910. The van der Waals surface area contributed by atoms with Gasteiger partial charge in [0.2, 0.25) is 0 Å². The maximum Gasteiger partial charge on any atom is 0.267 e. The van der Waals surface area contributed by atoms with Crippen molar-refractivity contribution in [1.29, 1.82) is 0 Å². The summed E-state index contributed by atoms with van der Waals surface area (Å²) in [6.07, 6.45) is -0.725. The molecule has 0 bridgehead atoms. The lowest BCUT2D eigenvalue weighted by Crippen LogP contribution is -2.38. The van der Waals surface area contributed by atoms with Crippen LogP contribution in [0.2, 0.25) is 10.0 Å². The number of amides is 1. The van der Waals surface area contributed by atoms with Gasteiger partial charge in [-0.1, -0.05) is 23.2 Å². The summed E-state index contributed by atoms with van der Waals surface area (Å²) in [4.78, 5) is 13.8. The Morgan fingerprint density at radius 1 is 1.18 bits per heavy atom. The first-order valence-corrected chi connectivity index (χ1v) is 7.32. The van der Waals surface area contributed by atoms with E-state index in [1.807, 2.05) is 0 Å². The molecule has 22 heavy (non-hydrogen) atoms. The number of phenols is 1. The first kappa shape index (κ1) is 16.5. The van der Waals surface area contributed by atoms with Gasteiger partial charge in [0.25, 0.3) is 5.91 Å². The van der Waals surface area contributed by atoms with Crippen molar-refractivity contribution in [2.24, 2.45) is 0 Å². The van der Waals surface area contributed by atoms with Crippen molar-refractivity contribution in [1.82, 2.24) is 0 Å². The zero-order valence-corrected chi connectivity index (χ0v) is 13.6. The Morgan fingerprint density at radius 2 is 1.82 bits per heavy atom. The van der Waals surface area contributed by atoms with Gasteiger partial charge in [0.05, 0.1) is 5.02 Å². The molecule has 2 aromatic rings. The number of likely N-dealkylation sites (N-methyl/N-ethyl adjacent to an activating group) is 1. The molecule has 2 aromatic carbocycles. The van der Waals surface area contributed by atoms with E-state index in [2.05, 4.69) is 0 Å². The van der Waals surface area contributed by atoms with Gasteiger partial charge >= 0.3 is 0 Å². The van der Waals surface area contributed by atoms with Crippen LogP contribution in [0, 0.1) is 0 Å². The van der Waals surface area contributed by atoms with E-state index in [4.69, 9.17) is 27.9 Å². The number of hydrogen-bond acceptors (Lipinski definition) is 3. The van der Waals surface area contributed by atoms with E-state index >= 15 is 0 Å². The average molecular weight is 340 g/mol. The average Bonchev–Trinajstić information content (AvgIpc) is 2.49. The fraction of sp³-hybridized carbons (Fsp3) is 0.188. The fourth-order valence-corrected chi connectivity index (χ4v) is 2.34. The van der Waals surface area contributed by atoms with Gasteiger partial charge in [-0.05, 0) is 49.4 Å². The lowest BCUT2D eigenvalue weighted by atomic mass is 10.2. The molecule has 0 aliphatic heterocycles. The number of carbonyl (C=O) groups is 1. The third kappa shape index (κ3) is 3.84. The second-order valence-electron chi connectivity index (χ2n) is 4.75. The number of carbonyl (C=O) groups excluding carboxylic acids is 1. The molecule has 1 amide bonds. The van der Waals surface area contributed by atoms with Gasteiger partial charge in [-0.25, -0.2) is 0 Å². The highest BCUT2D eigenvalue weighted by Gasteiger charge is 2.21. The van der Waals surface area contributed by atoms with Crippen molar-refractivity contribution in [3.8, 4) is 11.5 Å². The smallest absolute Gasteiger partial charge is 0.267 e. The van der Waals surface area contributed by atoms with Gasteiger partial charge in [0.1, 0.15) is 11.5 Å². The fourth-order valence-electron chi connectivity index (χ4n) is 1.89. The number of nitrogens with zero attached hydrogens (tertiary/aromatic N) is 1. The molecule has 0 fully saturated rings. The van der Waals surface area contributed by atoms with E-state index in [9.17, 15) is 9.90 Å². The minimum absolute atomic E-state index is 0.141. The molecule has 0 aliphatic rings. The Kier molecular flexibility index (Phi) is 5.16. The highest BCUT2D eigenvalue weighted by molar-refractivity contribution is 6.35. The predicted molar refractivity (Wildman–Crippen MR) is 88.1 cm³/mol. The predicted octanol–water partition coefficient (Wildman–Crippen LogP) is 4.13. The summed E-state index contributed by atoms with van der Waals surface area (Å²) >= 11 is 11.9. The summed E-state index contributed by atoms with van der Waals surface area (Å²) in [5.41, 5.74) is 0.653. The molecule has 0 aromatic heterocycles. The molecule has 0 radical (unpaired) electrons. The van der Waals surface area contributed by atoms with E-state index < -0.39 is 6.10 Å². The van der Waals surface area contributed by atoms with Gasteiger partial charge in [-0.15, -0.1) is 0 Å². The molecule has 6 heteroatoms. The maximum absolute atomic E-state index is 12.4. The standard InChI is InChI=1S/C16H15Cl2NO3/c1-10(22-15-8-3-11(17)9-14(15)18)16(21)19(2)12-4-6-13(20)7-5-12/h3-10,20H,1-2H3. The number of halogens is 2. The molecule has 0 heterocycles. The molecule has 1 unspecified atom stereocenters. The van der Waals surface area contributed by atoms with Crippen LogP contribution in [0.3, 0.4) is 0 Å². The summed E-state index contributed by atoms with van der Waals surface area (Å²) in [6.45, 7) is 1.64. The Labute approximate surface area is 138 Å². The van der Waals surface area contributed by atoms with Crippen molar-refractivity contribution in [2.75, 3.05) is 11.9 Å². The Balaban J connectivity index is 2.09. The minimum atomic E-state index is -0.725. The van der Waals surface area contributed by atoms with Crippen LogP contribution in [-0.2, 0) is 4.79 Å². The number of ether oxygens (including phenoxy) is 1. The molecule has 0 saturated heterocycles. The van der Waals surface area contributed by atoms with Crippen molar-refractivity contribution in [2.45, 2.75) is 13.0 Å². The summed E-state index contributed by atoms with van der Waals surface area (Å²) in [7, 11) is 1.64. The second kappa shape index (κ2) is 6.90. The molecule has 0 saturated carbocycles. The largest absolute Gasteiger partial charge is 0.508 e. The third-order valence-corrected chi connectivity index (χ3v) is 3.64. The van der Waals surface area contributed by atoms with Crippen LogP contribution in [-0.4, -0.2) is 24.2 Å². The summed E-state index contributed by atoms with van der Waals surface area (Å²) < 4.78 is 5.60. The number of phenolic OH excluding ortho intramolecular Hbond substituents is 1. The van der Waals surface area contributed by atoms with E-state index in [0.29, 0.717) is 21.5 Å². The second-order valence-corrected chi connectivity index (χ2v) is 5.59. The van der Waals surface area contributed by atoms with E-state index in [1.54, 1.807) is 44.3 Å². The van der Waals surface area contributed by atoms with Crippen molar-refractivity contribution in [3.63, 3.8) is 0 Å². The molecule has 0 aliphatic carbocycles. The summed E-state index contributed by atoms with van der Waals surface area (Å²) in [5, 5.41) is 10.1. The lowest BCUT2D eigenvalue weighted by Gasteiger charge is -2.22. The number of anilines is 1. The Bertz CT molecular complexity index is 674. The maximum atomic E-state index is 12.4. The van der Waals surface area contributed by atoms with Gasteiger partial charge in [-0.2, -0.15) is 0 Å². The molecular weight excluding hydrogens is 325 g/mol. The summed E-state index contributed by atoms with van der Waals surface area (Å²) in [6, 6.07) is 11.1. The first-order chi connectivity index (χ1) is 10.4. The zero-order valence-electron chi connectivity index (χ0n) is 12.1. The van der Waals surface area contributed by atoms with E-state index in [0.717, 1.165) is 0 Å². The Morgan fingerprint density at radius 3 is 2.41 bits per heavy atom. The highest BCUT2D eigenvalue weighted by atomic mass is 35.5. The van der Waals surface area contributed by atoms with Gasteiger partial charge in [0.15, 0.2) is 6.10 Å². The molecule has 116 valence electrons. The van der Waals surface area contributed by atoms with E-state index in [1.165, 1.54) is 17.0 Å². The van der Waals surface area contributed by atoms with Gasteiger partial charge < -0.3 is 14.7 Å². The molecule has 1 N–H and O–H groups in total. The zero-order chi connectivity index (χ0) is 16.3. The molecular formula is C16H15Cl2NO3. The number of rotatable bonds is 4. The third-order valence-electron chi connectivity index (χ3n) is 3.11. The lowest BCUT2D eigenvalue weighted by molar-refractivity contribution is -0.124. The molecule has 2 rings (SSSR count). The normalized spacial score (nSPS) is 11.8. The van der Waals surface area contributed by atoms with E-state index in [-0.39, 0.29) is 11.7 Å². The monoisotopic (exact) mass is 339 g/mol. The van der Waals surface area contributed by atoms with Gasteiger partial charge in [0, 0.05) is 17.8 Å². The SMILES string of the molecule is CC(Oc1ccc(Cl)cc1Cl)C(=O)N(C)c1ccc(O)cc1. The van der Waals surface area contributed by atoms with Crippen molar-refractivity contribution >= 4 is 34.8 Å². The number of hydrogen-bond donors (Lipinski definition) is 1. The van der Waals surface area contributed by atoms with Crippen LogP contribution >= 0.6 is 23.2 Å². The first-order valence-electron chi connectivity index (χ1n) is 6.57. The van der Waals surface area contributed by atoms with Gasteiger partial charge in [-0.3, -0.25) is 4.79 Å². The number of benzene rings is 2. The summed E-state index contributed by atoms with van der Waals surface area (Å²) in [5.74, 6) is 0.296. The number of aromatic hydroxyl groups is 1. The van der Waals surface area contributed by atoms with Crippen LogP contribution in [0.15, 0.2) is 42.5 Å². The van der Waals surface area contributed by atoms with Crippen LogP contribution in [0.4, 0.5) is 5.69 Å². The highest BCUT2D eigenvalue weighted by Crippen LogP contribution is 2.28. The topological polar surface area (TPSA) is 49.8 Å². The van der Waals surface area contributed by atoms with Crippen LogP contribution in [0.5, 0.6) is 11.5 Å². The molecule has 4 nitrogen and oxygen atoms in total. The van der Waals surface area contributed by atoms with Crippen LogP contribution in [0.1, 0.15) is 6.92 Å². The van der Waals surface area contributed by atoms with Crippen molar-refractivity contribution < 1.29 is 14.6 Å². The van der Waals surface area contributed by atoms with Crippen LogP contribution < -0.4 is 9.64 Å². The minimum Gasteiger partial charge on any atom is -0.508 e. The molecule has 0 spiro atoms. The van der Waals surface area contributed by atoms with Crippen LogP contribution in [0.25, 0.3) is 0 Å².